The summed E-state index contributed by atoms with van der Waals surface area (Å²) in [5, 5.41) is 8.95. The van der Waals surface area contributed by atoms with Crippen LogP contribution >= 0.6 is 0 Å². The Morgan fingerprint density at radius 1 is 1.18 bits per heavy atom. The van der Waals surface area contributed by atoms with Crippen LogP contribution in [0.25, 0.3) is 0 Å². The van der Waals surface area contributed by atoms with E-state index in [4.69, 9.17) is 5.11 Å². The van der Waals surface area contributed by atoms with E-state index in [2.05, 4.69) is 0 Å². The Kier molecular flexibility index (Phi) is 5.44. The second-order valence-electron chi connectivity index (χ2n) is 6.01. The molecule has 2 unspecified atom stereocenters. The molecule has 0 aromatic heterocycles. The molecule has 126 valence electrons. The van der Waals surface area contributed by atoms with Gasteiger partial charge in [0.1, 0.15) is 6.04 Å². The third-order valence-electron chi connectivity index (χ3n) is 4.38. The molecule has 8 heteroatoms. The summed E-state index contributed by atoms with van der Waals surface area (Å²) in [7, 11) is -3.40. The highest BCUT2D eigenvalue weighted by Gasteiger charge is 2.42. The van der Waals surface area contributed by atoms with Crippen LogP contribution in [-0.4, -0.2) is 65.5 Å². The van der Waals surface area contributed by atoms with E-state index in [0.717, 1.165) is 6.42 Å². The molecule has 0 aromatic carbocycles. The minimum absolute atomic E-state index is 0.0509. The molecule has 0 aliphatic carbocycles. The molecule has 2 saturated heterocycles. The van der Waals surface area contributed by atoms with Gasteiger partial charge in [0.15, 0.2) is 0 Å². The van der Waals surface area contributed by atoms with E-state index >= 15 is 0 Å². The van der Waals surface area contributed by atoms with Crippen LogP contribution < -0.4 is 0 Å². The van der Waals surface area contributed by atoms with E-state index < -0.39 is 22.0 Å². The van der Waals surface area contributed by atoms with Crippen LogP contribution in [0, 0.1) is 0 Å². The number of carbonyl (C=O) groups excluding carboxylic acids is 1. The number of carboxylic acids is 1. The van der Waals surface area contributed by atoms with Gasteiger partial charge in [0, 0.05) is 19.1 Å². The smallest absolute Gasteiger partial charge is 0.305 e. The summed E-state index contributed by atoms with van der Waals surface area (Å²) in [5.74, 6) is -1.09. The molecule has 0 spiro atoms. The Morgan fingerprint density at radius 2 is 1.86 bits per heavy atom. The third-order valence-corrected chi connectivity index (χ3v) is 6.45. The molecule has 0 radical (unpaired) electrons. The van der Waals surface area contributed by atoms with Crippen molar-refractivity contribution in [1.29, 1.82) is 0 Å². The molecule has 2 fully saturated rings. The minimum Gasteiger partial charge on any atom is -0.481 e. The van der Waals surface area contributed by atoms with Gasteiger partial charge in [-0.2, -0.15) is 4.31 Å². The van der Waals surface area contributed by atoms with Crippen molar-refractivity contribution >= 4 is 21.9 Å². The van der Waals surface area contributed by atoms with Crippen molar-refractivity contribution in [2.45, 2.75) is 57.5 Å². The fourth-order valence-corrected chi connectivity index (χ4v) is 5.17. The summed E-state index contributed by atoms with van der Waals surface area (Å²) in [6.45, 7) is 2.71. The van der Waals surface area contributed by atoms with E-state index in [0.29, 0.717) is 38.8 Å². The van der Waals surface area contributed by atoms with Crippen LogP contribution in [0.1, 0.15) is 45.4 Å². The van der Waals surface area contributed by atoms with Gasteiger partial charge in [-0.05, 0) is 32.1 Å². The predicted molar refractivity (Wildman–Crippen MR) is 80.8 cm³/mol. The zero-order chi connectivity index (χ0) is 16.3. The molecule has 2 heterocycles. The van der Waals surface area contributed by atoms with Crippen LogP contribution in [0.4, 0.5) is 0 Å². The minimum atomic E-state index is -3.40. The van der Waals surface area contributed by atoms with Crippen molar-refractivity contribution in [2.24, 2.45) is 0 Å². The maximum absolute atomic E-state index is 12.7. The molecule has 0 bridgehead atoms. The second-order valence-corrected chi connectivity index (χ2v) is 8.05. The molecule has 2 aliphatic rings. The number of aliphatic carboxylic acids is 1. The molecule has 2 aliphatic heterocycles. The number of hydrogen-bond donors (Lipinski definition) is 1. The summed E-state index contributed by atoms with van der Waals surface area (Å²) < 4.78 is 25.9. The number of nitrogens with zero attached hydrogens (tertiary/aromatic N) is 2. The van der Waals surface area contributed by atoms with Gasteiger partial charge in [-0.25, -0.2) is 8.42 Å². The summed E-state index contributed by atoms with van der Waals surface area (Å²) in [4.78, 5) is 25.2. The molecular weight excluding hydrogens is 308 g/mol. The van der Waals surface area contributed by atoms with Crippen LogP contribution in [0.3, 0.4) is 0 Å². The second kappa shape index (κ2) is 6.95. The molecule has 7 nitrogen and oxygen atoms in total. The monoisotopic (exact) mass is 332 g/mol. The van der Waals surface area contributed by atoms with E-state index in [-0.39, 0.29) is 24.1 Å². The molecule has 1 amide bonds. The van der Waals surface area contributed by atoms with Crippen LogP contribution in [0.2, 0.25) is 0 Å². The Morgan fingerprint density at radius 3 is 2.50 bits per heavy atom. The number of likely N-dealkylation sites (tertiary alicyclic amines) is 1. The zero-order valence-corrected chi connectivity index (χ0v) is 13.7. The number of sulfonamides is 1. The Labute approximate surface area is 131 Å². The van der Waals surface area contributed by atoms with E-state index in [1.54, 1.807) is 11.8 Å². The highest BCUT2D eigenvalue weighted by Crippen LogP contribution is 2.28. The lowest BCUT2D eigenvalue weighted by Gasteiger charge is -2.30. The topological polar surface area (TPSA) is 95.0 Å². The van der Waals surface area contributed by atoms with Crippen molar-refractivity contribution in [3.63, 3.8) is 0 Å². The molecule has 2 rings (SSSR count). The van der Waals surface area contributed by atoms with Gasteiger partial charge < -0.3 is 10.0 Å². The van der Waals surface area contributed by atoms with Crippen LogP contribution in [-0.2, 0) is 19.6 Å². The normalized spacial score (nSPS) is 26.5. The van der Waals surface area contributed by atoms with Crippen molar-refractivity contribution in [2.75, 3.05) is 18.8 Å². The number of carbonyl (C=O) groups is 2. The van der Waals surface area contributed by atoms with Gasteiger partial charge in [0.25, 0.3) is 0 Å². The van der Waals surface area contributed by atoms with E-state index in [9.17, 15) is 18.0 Å². The SMILES string of the molecule is CCCS(=O)(=O)N1CCCC1C(=O)N1CCCC1CC(=O)O. The van der Waals surface area contributed by atoms with E-state index in [1.807, 2.05) is 0 Å². The van der Waals surface area contributed by atoms with Crippen molar-refractivity contribution in [1.82, 2.24) is 9.21 Å². The Balaban J connectivity index is 2.12. The molecule has 0 aromatic rings. The highest BCUT2D eigenvalue weighted by atomic mass is 32.2. The lowest BCUT2D eigenvalue weighted by Crippen LogP contribution is -2.50. The summed E-state index contributed by atoms with van der Waals surface area (Å²) >= 11 is 0. The molecule has 1 N–H and O–H groups in total. The average Bonchev–Trinajstić information content (AvgIpc) is 3.05. The van der Waals surface area contributed by atoms with Crippen LogP contribution in [0.15, 0.2) is 0 Å². The molecule has 0 saturated carbocycles. The Hall–Kier alpha value is -1.15. The summed E-state index contributed by atoms with van der Waals surface area (Å²) in [6, 6.07) is -0.952. The number of carboxylic acid groups (broad SMARTS) is 1. The lowest BCUT2D eigenvalue weighted by molar-refractivity contribution is -0.141. The van der Waals surface area contributed by atoms with Gasteiger partial charge in [0.05, 0.1) is 12.2 Å². The van der Waals surface area contributed by atoms with Crippen LogP contribution in [0.5, 0.6) is 0 Å². The third kappa shape index (κ3) is 3.60. The summed E-state index contributed by atoms with van der Waals surface area (Å²) in [5.41, 5.74) is 0. The first-order valence-electron chi connectivity index (χ1n) is 7.88. The summed E-state index contributed by atoms with van der Waals surface area (Å²) in [6.07, 6.45) is 3.10. The quantitative estimate of drug-likeness (QED) is 0.771. The maximum atomic E-state index is 12.7. The van der Waals surface area contributed by atoms with Gasteiger partial charge in [0.2, 0.25) is 15.9 Å². The number of rotatable bonds is 6. The number of hydrogen-bond acceptors (Lipinski definition) is 4. The van der Waals surface area contributed by atoms with Crippen molar-refractivity contribution in [3.05, 3.63) is 0 Å². The average molecular weight is 332 g/mol. The van der Waals surface area contributed by atoms with Gasteiger partial charge in [-0.15, -0.1) is 0 Å². The highest BCUT2D eigenvalue weighted by molar-refractivity contribution is 7.89. The molecular formula is C14H24N2O5S. The largest absolute Gasteiger partial charge is 0.481 e. The first kappa shape index (κ1) is 17.2. The van der Waals surface area contributed by atoms with Crippen molar-refractivity contribution < 1.29 is 23.1 Å². The van der Waals surface area contributed by atoms with Gasteiger partial charge in [-0.3, -0.25) is 9.59 Å². The zero-order valence-electron chi connectivity index (χ0n) is 12.9. The fraction of sp³-hybridized carbons (Fsp3) is 0.857. The molecule has 22 heavy (non-hydrogen) atoms. The lowest BCUT2D eigenvalue weighted by atomic mass is 10.1. The van der Waals surface area contributed by atoms with Gasteiger partial charge in [-0.1, -0.05) is 6.92 Å². The number of amides is 1. The fourth-order valence-electron chi connectivity index (χ4n) is 3.43. The first-order chi connectivity index (χ1) is 10.4. The predicted octanol–water partition coefficient (Wildman–Crippen LogP) is 0.656. The van der Waals surface area contributed by atoms with Crippen molar-refractivity contribution in [3.8, 4) is 0 Å². The first-order valence-corrected chi connectivity index (χ1v) is 9.49. The van der Waals surface area contributed by atoms with E-state index in [1.165, 1.54) is 4.31 Å². The maximum Gasteiger partial charge on any atom is 0.305 e. The Bertz CT molecular complexity index is 533. The standard InChI is InChI=1S/C14H24N2O5S/c1-2-9-22(20,21)16-8-4-6-12(16)14(19)15-7-3-5-11(15)10-13(17)18/h11-12H,2-10H2,1H3,(H,17,18). The molecule has 2 atom stereocenters. The van der Waals surface area contributed by atoms with Gasteiger partial charge >= 0.3 is 5.97 Å².